The fourth-order valence-electron chi connectivity index (χ4n) is 3.47. The van der Waals surface area contributed by atoms with Crippen molar-refractivity contribution < 1.29 is 4.79 Å². The number of fused-ring (bicyclic) bond motifs is 1. The molecule has 1 aromatic heterocycles. The highest BCUT2D eigenvalue weighted by Gasteiger charge is 2.18. The van der Waals surface area contributed by atoms with Gasteiger partial charge in [0.15, 0.2) is 0 Å². The second-order valence-electron chi connectivity index (χ2n) is 7.19. The molecule has 1 heterocycles. The van der Waals surface area contributed by atoms with E-state index in [1.807, 2.05) is 30.3 Å². The first-order valence-electron chi connectivity index (χ1n) is 9.74. The zero-order chi connectivity index (χ0) is 22.0. The number of halogens is 1. The Morgan fingerprint density at radius 2 is 1.52 bits per heavy atom. The summed E-state index contributed by atoms with van der Waals surface area (Å²) in [5, 5.41) is 0.952. The van der Waals surface area contributed by atoms with E-state index >= 15 is 0 Å². The van der Waals surface area contributed by atoms with Crippen LogP contribution in [0.1, 0.15) is 5.56 Å². The lowest BCUT2D eigenvalue weighted by molar-refractivity contribution is -0.118. The maximum absolute atomic E-state index is 13.3. The van der Waals surface area contributed by atoms with E-state index in [2.05, 4.69) is 0 Å². The third-order valence-electron chi connectivity index (χ3n) is 5.20. The van der Waals surface area contributed by atoms with Gasteiger partial charge in [0.1, 0.15) is 6.54 Å². The van der Waals surface area contributed by atoms with Crippen molar-refractivity contribution in [1.82, 2.24) is 9.13 Å². The van der Waals surface area contributed by atoms with E-state index in [1.54, 1.807) is 55.6 Å². The number of hydrogen-bond donors (Lipinski definition) is 0. The number of amides is 1. The third kappa shape index (κ3) is 4.15. The van der Waals surface area contributed by atoms with E-state index in [4.69, 9.17) is 11.6 Å². The van der Waals surface area contributed by atoms with Crippen molar-refractivity contribution >= 4 is 34.1 Å². The van der Waals surface area contributed by atoms with E-state index < -0.39 is 11.2 Å². The van der Waals surface area contributed by atoms with Gasteiger partial charge < -0.3 is 4.90 Å². The van der Waals surface area contributed by atoms with Crippen LogP contribution in [0.15, 0.2) is 88.5 Å². The van der Waals surface area contributed by atoms with Crippen LogP contribution in [0.3, 0.4) is 0 Å². The van der Waals surface area contributed by atoms with Crippen molar-refractivity contribution in [3.63, 3.8) is 0 Å². The Kier molecular flexibility index (Phi) is 5.73. The highest BCUT2D eigenvalue weighted by Crippen LogP contribution is 2.14. The number of likely N-dealkylation sites (N-methyl/N-ethyl adjacent to an activating group) is 1. The smallest absolute Gasteiger partial charge is 0.314 e. The minimum Gasteiger partial charge on any atom is -0.314 e. The summed E-state index contributed by atoms with van der Waals surface area (Å²) in [7, 11) is 1.66. The molecule has 0 fully saturated rings. The molecule has 1 amide bonds. The fourth-order valence-corrected chi connectivity index (χ4v) is 3.60. The Bertz CT molecular complexity index is 1360. The molecule has 31 heavy (non-hydrogen) atoms. The van der Waals surface area contributed by atoms with Gasteiger partial charge in [0, 0.05) is 17.8 Å². The van der Waals surface area contributed by atoms with Gasteiger partial charge in [-0.15, -0.1) is 0 Å². The van der Waals surface area contributed by atoms with Gasteiger partial charge in [-0.05, 0) is 42.0 Å². The quantitative estimate of drug-likeness (QED) is 0.483. The first kappa shape index (κ1) is 20.6. The highest BCUT2D eigenvalue weighted by atomic mass is 35.5. The molecule has 0 radical (unpaired) electrons. The Hall–Kier alpha value is -3.64. The normalized spacial score (nSPS) is 10.9. The number of aromatic nitrogens is 2. The first-order valence-corrected chi connectivity index (χ1v) is 10.1. The van der Waals surface area contributed by atoms with E-state index in [0.717, 1.165) is 15.8 Å². The number of hydrogen-bond acceptors (Lipinski definition) is 3. The zero-order valence-electron chi connectivity index (χ0n) is 16.9. The molecule has 4 aromatic rings. The van der Waals surface area contributed by atoms with Crippen LogP contribution in [-0.4, -0.2) is 22.1 Å². The summed E-state index contributed by atoms with van der Waals surface area (Å²) in [6.45, 7) is -0.103. The monoisotopic (exact) mass is 433 g/mol. The Labute approximate surface area is 183 Å². The number of carbonyl (C=O) groups excluding carboxylic acids is 1. The van der Waals surface area contributed by atoms with Crippen LogP contribution < -0.4 is 16.1 Å². The largest absolute Gasteiger partial charge is 0.332 e. The van der Waals surface area contributed by atoms with Crippen LogP contribution in [0.2, 0.25) is 5.02 Å². The summed E-state index contributed by atoms with van der Waals surface area (Å²) >= 11 is 5.94. The van der Waals surface area contributed by atoms with Gasteiger partial charge in [-0.25, -0.2) is 4.79 Å². The molecule has 0 bridgehead atoms. The Morgan fingerprint density at radius 1 is 0.871 bits per heavy atom. The molecule has 0 aliphatic carbocycles. The topological polar surface area (TPSA) is 64.3 Å². The number of benzene rings is 3. The minimum atomic E-state index is -0.534. The molecule has 0 saturated heterocycles. The number of rotatable bonds is 5. The van der Waals surface area contributed by atoms with Crippen molar-refractivity contribution in [3.8, 4) is 0 Å². The molecule has 7 heteroatoms. The minimum absolute atomic E-state index is 0.0857. The van der Waals surface area contributed by atoms with Gasteiger partial charge in [-0.2, -0.15) is 0 Å². The number of nitrogens with zero attached hydrogens (tertiary/aromatic N) is 3. The summed E-state index contributed by atoms with van der Waals surface area (Å²) in [6.07, 6.45) is 0. The molecule has 156 valence electrons. The highest BCUT2D eigenvalue weighted by molar-refractivity contribution is 6.30. The van der Waals surface area contributed by atoms with E-state index in [1.165, 1.54) is 9.47 Å². The number of anilines is 1. The maximum Gasteiger partial charge on any atom is 0.332 e. The van der Waals surface area contributed by atoms with Crippen LogP contribution in [0.4, 0.5) is 5.69 Å². The van der Waals surface area contributed by atoms with Crippen LogP contribution in [0, 0.1) is 0 Å². The van der Waals surface area contributed by atoms with Crippen LogP contribution in [0.5, 0.6) is 0 Å². The molecule has 0 unspecified atom stereocenters. The molecule has 0 N–H and O–H groups in total. The molecule has 0 saturated carbocycles. The molecular weight excluding hydrogens is 414 g/mol. The Morgan fingerprint density at radius 3 is 2.23 bits per heavy atom. The zero-order valence-corrected chi connectivity index (χ0v) is 17.6. The first-order chi connectivity index (χ1) is 15.0. The van der Waals surface area contributed by atoms with E-state index in [0.29, 0.717) is 15.9 Å². The van der Waals surface area contributed by atoms with Crippen molar-refractivity contribution in [3.05, 3.63) is 110 Å². The van der Waals surface area contributed by atoms with Crippen LogP contribution >= 0.6 is 11.6 Å². The van der Waals surface area contributed by atoms with Gasteiger partial charge in [0.2, 0.25) is 5.91 Å². The lowest BCUT2D eigenvalue weighted by Gasteiger charge is -2.19. The fraction of sp³-hybridized carbons (Fsp3) is 0.125. The molecule has 3 aromatic carbocycles. The maximum atomic E-state index is 13.3. The third-order valence-corrected chi connectivity index (χ3v) is 5.45. The molecule has 4 rings (SSSR count). The summed E-state index contributed by atoms with van der Waals surface area (Å²) in [5.41, 5.74) is 0.987. The Balaban J connectivity index is 1.79. The van der Waals surface area contributed by atoms with Crippen LogP contribution in [-0.2, 0) is 17.9 Å². The summed E-state index contributed by atoms with van der Waals surface area (Å²) in [4.78, 5) is 40.8. The predicted molar refractivity (Wildman–Crippen MR) is 123 cm³/mol. The van der Waals surface area contributed by atoms with Gasteiger partial charge in [0.05, 0.1) is 17.4 Å². The molecular formula is C24H20ClN3O3. The van der Waals surface area contributed by atoms with Gasteiger partial charge in [-0.3, -0.25) is 18.7 Å². The van der Waals surface area contributed by atoms with Crippen molar-refractivity contribution in [1.29, 1.82) is 0 Å². The van der Waals surface area contributed by atoms with Crippen molar-refractivity contribution in [2.45, 2.75) is 13.1 Å². The average Bonchev–Trinajstić information content (AvgIpc) is 2.80. The van der Waals surface area contributed by atoms with Crippen molar-refractivity contribution in [2.24, 2.45) is 0 Å². The second kappa shape index (κ2) is 8.62. The van der Waals surface area contributed by atoms with Gasteiger partial charge >= 0.3 is 5.69 Å². The van der Waals surface area contributed by atoms with Crippen molar-refractivity contribution in [2.75, 3.05) is 11.9 Å². The molecule has 0 spiro atoms. The standard InChI is InChI=1S/C24H20ClN3O3/c1-26(19-7-3-2-4-8-19)22(29)16-27-21-10-6-5-9-20(21)23(30)28(24(27)31)15-17-11-13-18(25)14-12-17/h2-14H,15-16H2,1H3. The molecule has 0 aliphatic rings. The molecule has 6 nitrogen and oxygen atoms in total. The molecule has 0 atom stereocenters. The lowest BCUT2D eigenvalue weighted by atomic mass is 10.2. The predicted octanol–water partition coefficient (Wildman–Crippen LogP) is 3.53. The summed E-state index contributed by atoms with van der Waals surface area (Å²) < 4.78 is 2.51. The summed E-state index contributed by atoms with van der Waals surface area (Å²) in [6, 6.07) is 23.0. The number of para-hydroxylation sites is 2. The SMILES string of the molecule is CN(C(=O)Cn1c(=O)n(Cc2ccc(Cl)cc2)c(=O)c2ccccc21)c1ccccc1. The van der Waals surface area contributed by atoms with Gasteiger partial charge in [-0.1, -0.05) is 54.1 Å². The average molecular weight is 434 g/mol. The van der Waals surface area contributed by atoms with Crippen LogP contribution in [0.25, 0.3) is 10.9 Å². The van der Waals surface area contributed by atoms with E-state index in [9.17, 15) is 14.4 Å². The molecule has 0 aliphatic heterocycles. The summed E-state index contributed by atoms with van der Waals surface area (Å²) in [5.74, 6) is -0.268. The lowest BCUT2D eigenvalue weighted by Crippen LogP contribution is -2.43. The number of carbonyl (C=O) groups is 1. The van der Waals surface area contributed by atoms with Gasteiger partial charge in [0.25, 0.3) is 5.56 Å². The van der Waals surface area contributed by atoms with E-state index in [-0.39, 0.29) is 19.0 Å². The second-order valence-corrected chi connectivity index (χ2v) is 7.63.